The monoisotopic (exact) mass is 259 g/mol. The molecule has 1 aromatic heterocycles. The summed E-state index contributed by atoms with van der Waals surface area (Å²) in [5.41, 5.74) is 1.36. The first kappa shape index (κ1) is 12.4. The van der Waals surface area contributed by atoms with E-state index in [4.69, 9.17) is 0 Å². The van der Waals surface area contributed by atoms with Crippen LogP contribution in [0.25, 0.3) is 6.08 Å². The molecule has 0 atom stereocenters. The number of hydrogen-bond acceptors (Lipinski definition) is 3. The van der Waals surface area contributed by atoms with Crippen molar-refractivity contribution in [3.05, 3.63) is 52.2 Å². The molecule has 1 heterocycles. The lowest BCUT2D eigenvalue weighted by molar-refractivity contribution is -0.111. The van der Waals surface area contributed by atoms with Crippen molar-refractivity contribution in [1.29, 1.82) is 0 Å². The zero-order valence-electron chi connectivity index (χ0n) is 9.88. The summed E-state index contributed by atoms with van der Waals surface area (Å²) in [7, 11) is 0. The Morgan fingerprint density at radius 2 is 2.22 bits per heavy atom. The number of aryl methyl sites for hydroxylation is 1. The second kappa shape index (κ2) is 5.51. The third-order valence-corrected chi connectivity index (χ3v) is 3.19. The summed E-state index contributed by atoms with van der Waals surface area (Å²) < 4.78 is 0. The first-order valence-electron chi connectivity index (χ1n) is 5.47. The number of rotatable bonds is 3. The molecular weight excluding hydrogens is 246 g/mol. The van der Waals surface area contributed by atoms with E-state index in [0.29, 0.717) is 5.69 Å². The number of hydrogen-bond donors (Lipinski definition) is 2. The summed E-state index contributed by atoms with van der Waals surface area (Å²) in [4.78, 5) is 12.7. The highest BCUT2D eigenvalue weighted by Gasteiger charge is 2.03. The number of phenols is 1. The number of phenolic OH excluding ortho intramolecular Hbond substituents is 1. The Morgan fingerprint density at radius 1 is 1.39 bits per heavy atom. The molecular formula is C14H13NO2S. The number of nitrogens with one attached hydrogen (secondary N) is 1. The van der Waals surface area contributed by atoms with Crippen LogP contribution >= 0.6 is 11.3 Å². The minimum absolute atomic E-state index is 0.0767. The Kier molecular flexibility index (Phi) is 3.79. The fourth-order valence-electron chi connectivity index (χ4n) is 1.47. The number of carbonyl (C=O) groups excluding carboxylic acids is 1. The normalized spacial score (nSPS) is 10.7. The maximum absolute atomic E-state index is 11.6. The Morgan fingerprint density at radius 3 is 2.89 bits per heavy atom. The number of carbonyl (C=O) groups is 1. The van der Waals surface area contributed by atoms with Crippen LogP contribution in [0.2, 0.25) is 0 Å². The number of amides is 1. The lowest BCUT2D eigenvalue weighted by Gasteiger charge is -2.05. The van der Waals surface area contributed by atoms with E-state index >= 15 is 0 Å². The van der Waals surface area contributed by atoms with E-state index in [1.807, 2.05) is 30.5 Å². The molecule has 0 aliphatic carbocycles. The molecule has 0 bridgehead atoms. The van der Waals surface area contributed by atoms with Gasteiger partial charge in [0, 0.05) is 11.0 Å². The molecule has 0 unspecified atom stereocenters. The van der Waals surface area contributed by atoms with Gasteiger partial charge in [-0.3, -0.25) is 4.79 Å². The third kappa shape index (κ3) is 3.21. The Balaban J connectivity index is 2.03. The molecule has 18 heavy (non-hydrogen) atoms. The first-order chi connectivity index (χ1) is 8.65. The lowest BCUT2D eigenvalue weighted by Crippen LogP contribution is -2.07. The van der Waals surface area contributed by atoms with E-state index in [1.165, 1.54) is 6.08 Å². The van der Waals surface area contributed by atoms with Crippen molar-refractivity contribution < 1.29 is 9.90 Å². The van der Waals surface area contributed by atoms with Crippen molar-refractivity contribution in [1.82, 2.24) is 0 Å². The second-order valence-electron chi connectivity index (χ2n) is 3.86. The standard InChI is InChI=1S/C14H13NO2S/c1-10-4-6-12(13(16)9-10)15-14(17)7-5-11-3-2-8-18-11/h2-9,16H,1H3,(H,15,17)/b7-5+. The molecule has 2 N–H and O–H groups in total. The van der Waals surface area contributed by atoms with Crippen LogP contribution in [0, 0.1) is 6.92 Å². The van der Waals surface area contributed by atoms with Gasteiger partial charge in [-0.1, -0.05) is 12.1 Å². The molecule has 2 rings (SSSR count). The fraction of sp³-hybridized carbons (Fsp3) is 0.0714. The summed E-state index contributed by atoms with van der Waals surface area (Å²) in [6, 6.07) is 8.98. The maximum atomic E-state index is 11.6. The van der Waals surface area contributed by atoms with Gasteiger partial charge in [0.25, 0.3) is 0 Å². The van der Waals surface area contributed by atoms with Gasteiger partial charge in [0.15, 0.2) is 0 Å². The highest BCUT2D eigenvalue weighted by molar-refractivity contribution is 7.10. The number of anilines is 1. The van der Waals surface area contributed by atoms with Crippen LogP contribution in [-0.2, 0) is 4.79 Å². The molecule has 4 heteroatoms. The third-order valence-electron chi connectivity index (χ3n) is 2.35. The minimum atomic E-state index is -0.262. The predicted molar refractivity (Wildman–Crippen MR) is 74.8 cm³/mol. The van der Waals surface area contributed by atoms with Crippen molar-refractivity contribution in [2.45, 2.75) is 6.92 Å². The fourth-order valence-corrected chi connectivity index (χ4v) is 2.08. The van der Waals surface area contributed by atoms with Crippen molar-refractivity contribution in [3.63, 3.8) is 0 Å². The van der Waals surface area contributed by atoms with Crippen LogP contribution in [0.15, 0.2) is 41.8 Å². The van der Waals surface area contributed by atoms with E-state index in [0.717, 1.165) is 10.4 Å². The minimum Gasteiger partial charge on any atom is -0.506 e. The van der Waals surface area contributed by atoms with Crippen LogP contribution in [0.3, 0.4) is 0 Å². The number of benzene rings is 1. The molecule has 2 aromatic rings. The molecule has 0 saturated carbocycles. The summed E-state index contributed by atoms with van der Waals surface area (Å²) in [5, 5.41) is 14.2. The molecule has 3 nitrogen and oxygen atoms in total. The van der Waals surface area contributed by atoms with Crippen LogP contribution in [-0.4, -0.2) is 11.0 Å². The topological polar surface area (TPSA) is 49.3 Å². The van der Waals surface area contributed by atoms with Gasteiger partial charge in [-0.2, -0.15) is 0 Å². The molecule has 0 aliphatic rings. The molecule has 92 valence electrons. The maximum Gasteiger partial charge on any atom is 0.248 e. The Bertz CT molecular complexity index is 573. The van der Waals surface area contributed by atoms with Gasteiger partial charge in [-0.25, -0.2) is 0 Å². The molecule has 0 aliphatic heterocycles. The SMILES string of the molecule is Cc1ccc(NC(=O)/C=C/c2cccs2)c(O)c1. The summed E-state index contributed by atoms with van der Waals surface area (Å²) >= 11 is 1.56. The van der Waals surface area contributed by atoms with Crippen LogP contribution < -0.4 is 5.32 Å². The van der Waals surface area contributed by atoms with Gasteiger partial charge < -0.3 is 10.4 Å². The van der Waals surface area contributed by atoms with Gasteiger partial charge >= 0.3 is 0 Å². The second-order valence-corrected chi connectivity index (χ2v) is 4.84. The molecule has 0 fully saturated rings. The van der Waals surface area contributed by atoms with Crippen LogP contribution in [0.5, 0.6) is 5.75 Å². The quantitative estimate of drug-likeness (QED) is 0.655. The van der Waals surface area contributed by atoms with Crippen LogP contribution in [0.1, 0.15) is 10.4 Å². The van der Waals surface area contributed by atoms with Gasteiger partial charge in [0.1, 0.15) is 5.75 Å². The van der Waals surface area contributed by atoms with Gasteiger partial charge in [-0.15, -0.1) is 11.3 Å². The van der Waals surface area contributed by atoms with E-state index in [1.54, 1.807) is 29.5 Å². The molecule has 0 spiro atoms. The molecule has 0 radical (unpaired) electrons. The largest absolute Gasteiger partial charge is 0.506 e. The molecule has 0 saturated heterocycles. The number of aromatic hydroxyl groups is 1. The van der Waals surface area contributed by atoms with E-state index in [9.17, 15) is 9.90 Å². The average molecular weight is 259 g/mol. The van der Waals surface area contributed by atoms with E-state index < -0.39 is 0 Å². The molecule has 1 aromatic carbocycles. The highest BCUT2D eigenvalue weighted by atomic mass is 32.1. The van der Waals surface area contributed by atoms with E-state index in [-0.39, 0.29) is 11.7 Å². The average Bonchev–Trinajstić information content (AvgIpc) is 2.83. The Labute approximate surface area is 109 Å². The lowest BCUT2D eigenvalue weighted by atomic mass is 10.2. The first-order valence-corrected chi connectivity index (χ1v) is 6.35. The molecule has 1 amide bonds. The van der Waals surface area contributed by atoms with Crippen molar-refractivity contribution >= 4 is 29.0 Å². The van der Waals surface area contributed by atoms with Crippen molar-refractivity contribution in [2.75, 3.05) is 5.32 Å². The smallest absolute Gasteiger partial charge is 0.248 e. The van der Waals surface area contributed by atoms with E-state index in [2.05, 4.69) is 5.32 Å². The Hall–Kier alpha value is -2.07. The van der Waals surface area contributed by atoms with Gasteiger partial charge in [0.05, 0.1) is 5.69 Å². The van der Waals surface area contributed by atoms with Gasteiger partial charge in [0.2, 0.25) is 5.91 Å². The summed E-state index contributed by atoms with van der Waals surface area (Å²) in [6.07, 6.45) is 3.19. The zero-order valence-corrected chi connectivity index (χ0v) is 10.7. The van der Waals surface area contributed by atoms with Gasteiger partial charge in [-0.05, 0) is 42.1 Å². The summed E-state index contributed by atoms with van der Waals surface area (Å²) in [6.45, 7) is 1.88. The van der Waals surface area contributed by atoms with Crippen LogP contribution in [0.4, 0.5) is 5.69 Å². The predicted octanol–water partition coefficient (Wildman–Crippen LogP) is 3.41. The van der Waals surface area contributed by atoms with Crippen molar-refractivity contribution in [3.8, 4) is 5.75 Å². The number of thiophene rings is 1. The summed E-state index contributed by atoms with van der Waals surface area (Å²) in [5.74, 6) is -0.185. The zero-order chi connectivity index (χ0) is 13.0. The van der Waals surface area contributed by atoms with Crippen molar-refractivity contribution in [2.24, 2.45) is 0 Å². The highest BCUT2D eigenvalue weighted by Crippen LogP contribution is 2.23.